The fraction of sp³-hybridized carbons (Fsp3) is 0.526. The summed E-state index contributed by atoms with van der Waals surface area (Å²) in [7, 11) is 1.58. The summed E-state index contributed by atoms with van der Waals surface area (Å²) in [5.41, 5.74) is 0.600. The highest BCUT2D eigenvalue weighted by atomic mass is 16.5. The molecule has 7 nitrogen and oxygen atoms in total. The summed E-state index contributed by atoms with van der Waals surface area (Å²) in [4.78, 5) is 36.5. The molecule has 2 fully saturated rings. The van der Waals surface area contributed by atoms with Crippen LogP contribution in [-0.4, -0.2) is 42.4 Å². The van der Waals surface area contributed by atoms with E-state index in [1.54, 1.807) is 25.3 Å². The third kappa shape index (κ3) is 4.33. The highest BCUT2D eigenvalue weighted by Crippen LogP contribution is 2.34. The Morgan fingerprint density at radius 3 is 2.50 bits per heavy atom. The lowest BCUT2D eigenvalue weighted by Crippen LogP contribution is -2.32. The Labute approximate surface area is 152 Å². The van der Waals surface area contributed by atoms with Gasteiger partial charge in [0.1, 0.15) is 0 Å². The highest BCUT2D eigenvalue weighted by molar-refractivity contribution is 6.02. The first kappa shape index (κ1) is 18.2. The van der Waals surface area contributed by atoms with Crippen LogP contribution in [-0.2, 0) is 14.4 Å². The third-order valence-electron chi connectivity index (χ3n) is 4.76. The Hall–Kier alpha value is -2.57. The number of hydrogen-bond donors (Lipinski definition) is 1. The van der Waals surface area contributed by atoms with Crippen molar-refractivity contribution in [1.82, 2.24) is 4.90 Å². The van der Waals surface area contributed by atoms with E-state index in [0.29, 0.717) is 17.2 Å². The minimum Gasteiger partial charge on any atom is -0.493 e. The fourth-order valence-electron chi connectivity index (χ4n) is 3.34. The van der Waals surface area contributed by atoms with Crippen molar-refractivity contribution in [2.75, 3.05) is 19.0 Å². The quantitative estimate of drug-likeness (QED) is 0.755. The number of nitrogens with zero attached hydrogens (tertiary/aromatic N) is 1. The SMILES string of the molecule is COc1ccc(NC(=O)CCN2C(=O)CCC2=O)cc1OC1CCCC1. The lowest BCUT2D eigenvalue weighted by atomic mass is 10.2. The molecular weight excluding hydrogens is 336 g/mol. The van der Waals surface area contributed by atoms with E-state index in [1.165, 1.54) is 0 Å². The van der Waals surface area contributed by atoms with Gasteiger partial charge in [-0.25, -0.2) is 0 Å². The molecule has 1 aromatic rings. The van der Waals surface area contributed by atoms with Crippen LogP contribution in [0.2, 0.25) is 0 Å². The van der Waals surface area contributed by atoms with Crippen LogP contribution in [0.3, 0.4) is 0 Å². The zero-order valence-electron chi connectivity index (χ0n) is 15.0. The minimum atomic E-state index is -0.255. The molecule has 0 radical (unpaired) electrons. The van der Waals surface area contributed by atoms with Crippen molar-refractivity contribution in [2.24, 2.45) is 0 Å². The molecule has 7 heteroatoms. The fourth-order valence-corrected chi connectivity index (χ4v) is 3.34. The van der Waals surface area contributed by atoms with Gasteiger partial charge in [0.2, 0.25) is 17.7 Å². The van der Waals surface area contributed by atoms with Gasteiger partial charge in [0.05, 0.1) is 13.2 Å². The van der Waals surface area contributed by atoms with Gasteiger partial charge in [-0.3, -0.25) is 19.3 Å². The summed E-state index contributed by atoms with van der Waals surface area (Å²) >= 11 is 0. The maximum Gasteiger partial charge on any atom is 0.229 e. The van der Waals surface area contributed by atoms with E-state index in [1.807, 2.05) is 0 Å². The van der Waals surface area contributed by atoms with Crippen molar-refractivity contribution in [3.8, 4) is 11.5 Å². The van der Waals surface area contributed by atoms with Gasteiger partial charge < -0.3 is 14.8 Å². The van der Waals surface area contributed by atoms with Crippen LogP contribution in [0.15, 0.2) is 18.2 Å². The van der Waals surface area contributed by atoms with Crippen molar-refractivity contribution in [3.63, 3.8) is 0 Å². The zero-order valence-corrected chi connectivity index (χ0v) is 15.0. The number of benzene rings is 1. The number of anilines is 1. The van der Waals surface area contributed by atoms with Gasteiger partial charge in [-0.15, -0.1) is 0 Å². The number of ether oxygens (including phenoxy) is 2. The first-order valence-electron chi connectivity index (χ1n) is 9.04. The largest absolute Gasteiger partial charge is 0.493 e. The smallest absolute Gasteiger partial charge is 0.229 e. The number of carbonyl (C=O) groups excluding carboxylic acids is 3. The number of nitrogens with one attached hydrogen (secondary N) is 1. The van der Waals surface area contributed by atoms with Crippen LogP contribution in [0, 0.1) is 0 Å². The normalized spacial score (nSPS) is 17.7. The van der Waals surface area contributed by atoms with E-state index in [0.717, 1.165) is 30.6 Å². The summed E-state index contributed by atoms with van der Waals surface area (Å²) in [5.74, 6) is 0.568. The average Bonchev–Trinajstić information content (AvgIpc) is 3.24. The molecule has 1 saturated heterocycles. The second kappa shape index (κ2) is 8.21. The minimum absolute atomic E-state index is 0.0718. The molecule has 0 spiro atoms. The molecule has 0 aromatic heterocycles. The number of hydrogen-bond acceptors (Lipinski definition) is 5. The van der Waals surface area contributed by atoms with Gasteiger partial charge in [0.25, 0.3) is 0 Å². The average molecular weight is 360 g/mol. The van der Waals surface area contributed by atoms with Gasteiger partial charge in [0, 0.05) is 37.6 Å². The number of amides is 3. The van der Waals surface area contributed by atoms with E-state index in [2.05, 4.69) is 5.32 Å². The van der Waals surface area contributed by atoms with Crippen molar-refractivity contribution < 1.29 is 23.9 Å². The molecule has 1 heterocycles. The van der Waals surface area contributed by atoms with E-state index >= 15 is 0 Å². The molecule has 3 amide bonds. The summed E-state index contributed by atoms with van der Waals surface area (Å²) in [6.45, 7) is 0.116. The summed E-state index contributed by atoms with van der Waals surface area (Å²) in [5, 5.41) is 2.79. The lowest BCUT2D eigenvalue weighted by molar-refractivity contribution is -0.138. The van der Waals surface area contributed by atoms with Crippen LogP contribution in [0.4, 0.5) is 5.69 Å². The second-order valence-corrected chi connectivity index (χ2v) is 6.63. The molecule has 0 unspecified atom stereocenters. The van der Waals surface area contributed by atoms with Crippen LogP contribution in [0.25, 0.3) is 0 Å². The number of likely N-dealkylation sites (tertiary alicyclic amines) is 1. The van der Waals surface area contributed by atoms with Gasteiger partial charge in [-0.05, 0) is 37.8 Å². The van der Waals surface area contributed by atoms with Crippen molar-refractivity contribution in [3.05, 3.63) is 18.2 Å². The Balaban J connectivity index is 1.58. The zero-order chi connectivity index (χ0) is 18.5. The van der Waals surface area contributed by atoms with Crippen LogP contribution < -0.4 is 14.8 Å². The maximum absolute atomic E-state index is 12.2. The standard InChI is InChI=1S/C19H24N2O5/c1-25-15-7-6-13(12-16(15)26-14-4-2-3-5-14)20-17(22)10-11-21-18(23)8-9-19(21)24/h6-7,12,14H,2-5,8-11H2,1H3,(H,20,22). The third-order valence-corrected chi connectivity index (χ3v) is 4.76. The molecule has 2 aliphatic rings. The van der Waals surface area contributed by atoms with Crippen LogP contribution in [0.5, 0.6) is 11.5 Å². The topological polar surface area (TPSA) is 84.9 Å². The van der Waals surface area contributed by atoms with E-state index in [4.69, 9.17) is 9.47 Å². The highest BCUT2D eigenvalue weighted by Gasteiger charge is 2.28. The van der Waals surface area contributed by atoms with Crippen LogP contribution in [0.1, 0.15) is 44.9 Å². The number of rotatable bonds is 7. The predicted octanol–water partition coefficient (Wildman–Crippen LogP) is 2.49. The summed E-state index contributed by atoms with van der Waals surface area (Å²) < 4.78 is 11.3. The molecule has 1 aliphatic heterocycles. The Bertz CT molecular complexity index is 681. The van der Waals surface area contributed by atoms with E-state index in [-0.39, 0.29) is 49.6 Å². The number of imide groups is 1. The predicted molar refractivity (Wildman–Crippen MR) is 95.1 cm³/mol. The maximum atomic E-state index is 12.2. The molecule has 0 atom stereocenters. The molecule has 1 aliphatic carbocycles. The lowest BCUT2D eigenvalue weighted by Gasteiger charge is -2.17. The Morgan fingerprint density at radius 2 is 1.85 bits per heavy atom. The van der Waals surface area contributed by atoms with Crippen molar-refractivity contribution in [2.45, 2.75) is 51.0 Å². The second-order valence-electron chi connectivity index (χ2n) is 6.63. The molecule has 140 valence electrons. The molecule has 1 aromatic carbocycles. The van der Waals surface area contributed by atoms with E-state index in [9.17, 15) is 14.4 Å². The molecule has 1 saturated carbocycles. The first-order chi connectivity index (χ1) is 12.6. The summed E-state index contributed by atoms with van der Waals surface area (Å²) in [6.07, 6.45) is 5.11. The number of carbonyl (C=O) groups is 3. The summed E-state index contributed by atoms with van der Waals surface area (Å²) in [6, 6.07) is 5.25. The van der Waals surface area contributed by atoms with Crippen molar-refractivity contribution in [1.29, 1.82) is 0 Å². The van der Waals surface area contributed by atoms with E-state index < -0.39 is 0 Å². The Morgan fingerprint density at radius 1 is 1.15 bits per heavy atom. The molecule has 3 rings (SSSR count). The van der Waals surface area contributed by atoms with Crippen LogP contribution >= 0.6 is 0 Å². The monoisotopic (exact) mass is 360 g/mol. The molecule has 26 heavy (non-hydrogen) atoms. The van der Waals surface area contributed by atoms with Gasteiger partial charge in [0.15, 0.2) is 11.5 Å². The van der Waals surface area contributed by atoms with Gasteiger partial charge >= 0.3 is 0 Å². The van der Waals surface area contributed by atoms with Crippen molar-refractivity contribution >= 4 is 23.4 Å². The first-order valence-corrected chi connectivity index (χ1v) is 9.04. The number of methoxy groups -OCH3 is 1. The Kier molecular flexibility index (Phi) is 5.75. The van der Waals surface area contributed by atoms with Gasteiger partial charge in [-0.2, -0.15) is 0 Å². The van der Waals surface area contributed by atoms with Gasteiger partial charge in [-0.1, -0.05) is 0 Å². The molecule has 0 bridgehead atoms. The molecule has 1 N–H and O–H groups in total. The molecular formula is C19H24N2O5.